The standard InChI is InChI=1S/C6H10N2O2/c1-8-5(9)3-2-4(7)6(8)10/h4H,2-3,7H2,1H3/t4-/m0/s1. The lowest BCUT2D eigenvalue weighted by Crippen LogP contribution is -2.49. The highest BCUT2D eigenvalue weighted by atomic mass is 16.2. The van der Waals surface area contributed by atoms with Crippen LogP contribution in [0.3, 0.4) is 0 Å². The molecule has 0 aromatic rings. The van der Waals surface area contributed by atoms with Gasteiger partial charge in [-0.2, -0.15) is 0 Å². The van der Waals surface area contributed by atoms with Crippen molar-refractivity contribution in [3.63, 3.8) is 0 Å². The van der Waals surface area contributed by atoms with Crippen molar-refractivity contribution in [2.75, 3.05) is 7.05 Å². The van der Waals surface area contributed by atoms with E-state index in [0.29, 0.717) is 12.8 Å². The van der Waals surface area contributed by atoms with Crippen LogP contribution in [0.15, 0.2) is 0 Å². The van der Waals surface area contributed by atoms with Crippen LogP contribution in [0.4, 0.5) is 0 Å². The van der Waals surface area contributed by atoms with Crippen LogP contribution >= 0.6 is 0 Å². The molecule has 0 unspecified atom stereocenters. The fourth-order valence-corrected chi connectivity index (χ4v) is 0.942. The summed E-state index contributed by atoms with van der Waals surface area (Å²) in [6.45, 7) is 0. The second kappa shape index (κ2) is 2.38. The smallest absolute Gasteiger partial charge is 0.245 e. The molecule has 1 heterocycles. The third kappa shape index (κ3) is 1.02. The van der Waals surface area contributed by atoms with Crippen molar-refractivity contribution in [1.82, 2.24) is 4.90 Å². The van der Waals surface area contributed by atoms with E-state index in [0.717, 1.165) is 4.90 Å². The van der Waals surface area contributed by atoms with Crippen molar-refractivity contribution in [3.8, 4) is 0 Å². The first-order valence-electron chi connectivity index (χ1n) is 3.19. The van der Waals surface area contributed by atoms with E-state index in [1.54, 1.807) is 0 Å². The topological polar surface area (TPSA) is 63.4 Å². The molecule has 1 saturated heterocycles. The van der Waals surface area contributed by atoms with Crippen molar-refractivity contribution in [2.45, 2.75) is 18.9 Å². The molecule has 1 aliphatic heterocycles. The van der Waals surface area contributed by atoms with Crippen molar-refractivity contribution in [2.24, 2.45) is 5.73 Å². The molecule has 0 spiro atoms. The van der Waals surface area contributed by atoms with E-state index >= 15 is 0 Å². The lowest BCUT2D eigenvalue weighted by atomic mass is 10.1. The number of imide groups is 1. The highest BCUT2D eigenvalue weighted by Crippen LogP contribution is 2.08. The summed E-state index contributed by atoms with van der Waals surface area (Å²) in [6.07, 6.45) is 0.880. The average Bonchev–Trinajstić information content (AvgIpc) is 1.93. The van der Waals surface area contributed by atoms with Gasteiger partial charge in [-0.25, -0.2) is 0 Å². The van der Waals surface area contributed by atoms with Gasteiger partial charge < -0.3 is 5.73 Å². The Kier molecular flexibility index (Phi) is 1.72. The largest absolute Gasteiger partial charge is 0.320 e. The number of rotatable bonds is 0. The molecule has 1 atom stereocenters. The number of piperidine rings is 1. The van der Waals surface area contributed by atoms with Crippen LogP contribution in [0.5, 0.6) is 0 Å². The number of likely N-dealkylation sites (N-methyl/N-ethyl adjacent to an activating group) is 1. The summed E-state index contributed by atoms with van der Waals surface area (Å²) < 4.78 is 0. The van der Waals surface area contributed by atoms with E-state index in [9.17, 15) is 9.59 Å². The molecule has 0 aliphatic carbocycles. The Morgan fingerprint density at radius 2 is 2.20 bits per heavy atom. The van der Waals surface area contributed by atoms with E-state index in [-0.39, 0.29) is 11.8 Å². The quantitative estimate of drug-likeness (QED) is 0.445. The maximum atomic E-state index is 10.9. The van der Waals surface area contributed by atoms with Gasteiger partial charge in [-0.3, -0.25) is 14.5 Å². The molecule has 1 fully saturated rings. The van der Waals surface area contributed by atoms with Crippen LogP contribution < -0.4 is 5.73 Å². The average molecular weight is 142 g/mol. The highest BCUT2D eigenvalue weighted by molar-refractivity contribution is 5.99. The van der Waals surface area contributed by atoms with Gasteiger partial charge in [0, 0.05) is 13.5 Å². The lowest BCUT2D eigenvalue weighted by Gasteiger charge is -2.24. The molecule has 56 valence electrons. The van der Waals surface area contributed by atoms with Gasteiger partial charge >= 0.3 is 0 Å². The number of carbonyl (C=O) groups excluding carboxylic acids is 2. The second-order valence-corrected chi connectivity index (χ2v) is 2.44. The summed E-state index contributed by atoms with van der Waals surface area (Å²) in [6, 6.07) is -0.470. The van der Waals surface area contributed by atoms with Crippen molar-refractivity contribution in [1.29, 1.82) is 0 Å². The predicted molar refractivity (Wildman–Crippen MR) is 35.0 cm³/mol. The maximum Gasteiger partial charge on any atom is 0.245 e. The Balaban J connectivity index is 2.70. The van der Waals surface area contributed by atoms with Gasteiger partial charge in [0.15, 0.2) is 0 Å². The molecule has 0 radical (unpaired) electrons. The van der Waals surface area contributed by atoms with Crippen LogP contribution in [-0.4, -0.2) is 29.8 Å². The summed E-state index contributed by atoms with van der Waals surface area (Å²) in [5.41, 5.74) is 5.39. The van der Waals surface area contributed by atoms with E-state index < -0.39 is 6.04 Å². The molecule has 0 aromatic carbocycles. The molecular weight excluding hydrogens is 132 g/mol. The molecule has 2 N–H and O–H groups in total. The van der Waals surface area contributed by atoms with Crippen molar-refractivity contribution >= 4 is 11.8 Å². The number of likely N-dealkylation sites (tertiary alicyclic amines) is 1. The normalized spacial score (nSPS) is 27.4. The SMILES string of the molecule is CN1C(=O)CC[C@H](N)C1=O. The minimum Gasteiger partial charge on any atom is -0.320 e. The van der Waals surface area contributed by atoms with E-state index in [4.69, 9.17) is 5.73 Å². The van der Waals surface area contributed by atoms with Crippen molar-refractivity contribution in [3.05, 3.63) is 0 Å². The third-order valence-electron chi connectivity index (χ3n) is 1.69. The third-order valence-corrected chi connectivity index (χ3v) is 1.69. The number of nitrogens with zero attached hydrogens (tertiary/aromatic N) is 1. The van der Waals surface area contributed by atoms with E-state index in [1.165, 1.54) is 7.05 Å². The molecule has 0 bridgehead atoms. The van der Waals surface area contributed by atoms with Crippen LogP contribution in [-0.2, 0) is 9.59 Å². The summed E-state index contributed by atoms with van der Waals surface area (Å²) in [5.74, 6) is -0.400. The molecule has 1 aliphatic rings. The van der Waals surface area contributed by atoms with Crippen LogP contribution in [0.25, 0.3) is 0 Å². The number of hydrogen-bond donors (Lipinski definition) is 1. The molecule has 4 nitrogen and oxygen atoms in total. The minimum atomic E-state index is -0.470. The predicted octanol–water partition coefficient (Wildman–Crippen LogP) is -0.908. The van der Waals surface area contributed by atoms with Crippen molar-refractivity contribution < 1.29 is 9.59 Å². The Hall–Kier alpha value is -0.900. The summed E-state index contributed by atoms with van der Waals surface area (Å²) in [7, 11) is 1.46. The molecular formula is C6H10N2O2. The Morgan fingerprint density at radius 3 is 2.70 bits per heavy atom. The van der Waals surface area contributed by atoms with Gasteiger partial charge in [-0.15, -0.1) is 0 Å². The Bertz CT molecular complexity index is 179. The summed E-state index contributed by atoms with van der Waals surface area (Å²) >= 11 is 0. The molecule has 0 aromatic heterocycles. The number of hydrogen-bond acceptors (Lipinski definition) is 3. The van der Waals surface area contributed by atoms with E-state index in [1.807, 2.05) is 0 Å². The van der Waals surface area contributed by atoms with Gasteiger partial charge in [0.25, 0.3) is 0 Å². The second-order valence-electron chi connectivity index (χ2n) is 2.44. The highest BCUT2D eigenvalue weighted by Gasteiger charge is 2.28. The van der Waals surface area contributed by atoms with Gasteiger partial charge in [-0.1, -0.05) is 0 Å². The lowest BCUT2D eigenvalue weighted by molar-refractivity contribution is -0.147. The zero-order valence-corrected chi connectivity index (χ0v) is 5.83. The fourth-order valence-electron chi connectivity index (χ4n) is 0.942. The first kappa shape index (κ1) is 7.21. The zero-order valence-electron chi connectivity index (χ0n) is 5.83. The van der Waals surface area contributed by atoms with Gasteiger partial charge in [0.1, 0.15) is 0 Å². The van der Waals surface area contributed by atoms with Crippen LogP contribution in [0.2, 0.25) is 0 Å². The monoisotopic (exact) mass is 142 g/mol. The van der Waals surface area contributed by atoms with E-state index in [2.05, 4.69) is 0 Å². The van der Waals surface area contributed by atoms with Gasteiger partial charge in [0.05, 0.1) is 6.04 Å². The van der Waals surface area contributed by atoms with Crippen LogP contribution in [0, 0.1) is 0 Å². The van der Waals surface area contributed by atoms with Crippen LogP contribution in [0.1, 0.15) is 12.8 Å². The van der Waals surface area contributed by atoms with Gasteiger partial charge in [-0.05, 0) is 6.42 Å². The zero-order chi connectivity index (χ0) is 7.72. The summed E-state index contributed by atoms with van der Waals surface area (Å²) in [5, 5.41) is 0. The first-order valence-corrected chi connectivity index (χ1v) is 3.19. The Morgan fingerprint density at radius 1 is 1.60 bits per heavy atom. The Labute approximate surface area is 59.0 Å². The van der Waals surface area contributed by atoms with Gasteiger partial charge in [0.2, 0.25) is 11.8 Å². The number of carbonyl (C=O) groups is 2. The fraction of sp³-hybridized carbons (Fsp3) is 0.667. The number of nitrogens with two attached hydrogens (primary N) is 1. The summed E-state index contributed by atoms with van der Waals surface area (Å²) in [4.78, 5) is 22.8. The molecule has 10 heavy (non-hydrogen) atoms. The molecule has 4 heteroatoms. The maximum absolute atomic E-state index is 10.9. The molecule has 0 saturated carbocycles. The minimum absolute atomic E-state index is 0.133. The molecule has 1 rings (SSSR count). The number of amides is 2. The first-order chi connectivity index (χ1) is 4.63. The molecule has 2 amide bonds.